The second-order valence-electron chi connectivity index (χ2n) is 6.24. The van der Waals surface area contributed by atoms with Gasteiger partial charge in [0.25, 0.3) is 0 Å². The van der Waals surface area contributed by atoms with Crippen LogP contribution in [0.3, 0.4) is 0 Å². The van der Waals surface area contributed by atoms with E-state index in [1.807, 2.05) is 18.2 Å². The summed E-state index contributed by atoms with van der Waals surface area (Å²) in [5.41, 5.74) is 1.98. The van der Waals surface area contributed by atoms with Crippen LogP contribution < -0.4 is 0 Å². The van der Waals surface area contributed by atoms with E-state index in [1.165, 1.54) is 12.1 Å². The van der Waals surface area contributed by atoms with E-state index in [9.17, 15) is 9.18 Å². The highest BCUT2D eigenvalue weighted by atomic mass is 35.5. The summed E-state index contributed by atoms with van der Waals surface area (Å²) in [5.74, 6) is -0.762. The Bertz CT molecular complexity index is 742. The molecule has 5 heteroatoms. The standard InChI is InChI=1S/C19H20ClFN2O/c1-22-7-9-23(10-8-22)13-14-3-2-4-15(11-14)19(24)16-5-6-17(20)18(21)12-16/h2-6,11-12H,7-10,13H2,1H3. The van der Waals surface area contributed by atoms with Crippen LogP contribution in [0.5, 0.6) is 0 Å². The second-order valence-corrected chi connectivity index (χ2v) is 6.65. The summed E-state index contributed by atoms with van der Waals surface area (Å²) >= 11 is 5.68. The monoisotopic (exact) mass is 346 g/mol. The fourth-order valence-corrected chi connectivity index (χ4v) is 3.00. The van der Waals surface area contributed by atoms with Crippen molar-refractivity contribution in [2.24, 2.45) is 0 Å². The van der Waals surface area contributed by atoms with Gasteiger partial charge in [-0.3, -0.25) is 9.69 Å². The molecule has 0 unspecified atom stereocenters. The maximum Gasteiger partial charge on any atom is 0.193 e. The summed E-state index contributed by atoms with van der Waals surface area (Å²) in [6, 6.07) is 11.7. The van der Waals surface area contributed by atoms with E-state index in [0.717, 1.165) is 38.3 Å². The van der Waals surface area contributed by atoms with Crippen LogP contribution in [-0.4, -0.2) is 48.8 Å². The van der Waals surface area contributed by atoms with Crippen LogP contribution in [0, 0.1) is 5.82 Å². The molecule has 0 aromatic heterocycles. The predicted octanol–water partition coefficient (Wildman–Crippen LogP) is 3.46. The maximum absolute atomic E-state index is 13.6. The minimum atomic E-state index is -0.573. The minimum absolute atomic E-state index is 0.0235. The van der Waals surface area contributed by atoms with Crippen LogP contribution in [0.15, 0.2) is 42.5 Å². The molecule has 1 saturated heterocycles. The second kappa shape index (κ2) is 7.43. The number of halogens is 2. The highest BCUT2D eigenvalue weighted by Gasteiger charge is 2.15. The first kappa shape index (κ1) is 17.1. The van der Waals surface area contributed by atoms with Gasteiger partial charge in [0.2, 0.25) is 0 Å². The first-order chi connectivity index (χ1) is 11.5. The van der Waals surface area contributed by atoms with Crippen molar-refractivity contribution in [3.63, 3.8) is 0 Å². The number of piperazine rings is 1. The first-order valence-corrected chi connectivity index (χ1v) is 8.40. The van der Waals surface area contributed by atoms with E-state index < -0.39 is 5.82 Å². The summed E-state index contributed by atoms with van der Waals surface area (Å²) in [6.07, 6.45) is 0. The SMILES string of the molecule is CN1CCN(Cc2cccc(C(=O)c3ccc(Cl)c(F)c3)c2)CC1. The van der Waals surface area contributed by atoms with Crippen LogP contribution >= 0.6 is 11.6 Å². The van der Waals surface area contributed by atoms with Gasteiger partial charge in [-0.2, -0.15) is 0 Å². The molecular weight excluding hydrogens is 327 g/mol. The molecule has 1 heterocycles. The Hall–Kier alpha value is -1.75. The molecule has 24 heavy (non-hydrogen) atoms. The number of hydrogen-bond acceptors (Lipinski definition) is 3. The zero-order valence-corrected chi connectivity index (χ0v) is 14.4. The lowest BCUT2D eigenvalue weighted by molar-refractivity contribution is 0.103. The van der Waals surface area contributed by atoms with Crippen molar-refractivity contribution in [2.45, 2.75) is 6.54 Å². The molecule has 0 amide bonds. The molecule has 0 atom stereocenters. The van der Waals surface area contributed by atoms with Gasteiger partial charge < -0.3 is 4.90 Å². The van der Waals surface area contributed by atoms with E-state index >= 15 is 0 Å². The van der Waals surface area contributed by atoms with Crippen molar-refractivity contribution in [3.8, 4) is 0 Å². The third-order valence-corrected chi connectivity index (χ3v) is 4.68. The van der Waals surface area contributed by atoms with E-state index in [4.69, 9.17) is 11.6 Å². The summed E-state index contributed by atoms with van der Waals surface area (Å²) in [4.78, 5) is 17.3. The highest BCUT2D eigenvalue weighted by Crippen LogP contribution is 2.19. The third-order valence-electron chi connectivity index (χ3n) is 4.37. The number of carbonyl (C=O) groups excluding carboxylic acids is 1. The lowest BCUT2D eigenvalue weighted by Gasteiger charge is -2.32. The van der Waals surface area contributed by atoms with Gasteiger partial charge in [0.1, 0.15) is 5.82 Å². The molecule has 0 N–H and O–H groups in total. The molecule has 3 nitrogen and oxygen atoms in total. The molecule has 0 spiro atoms. The van der Waals surface area contributed by atoms with Gasteiger partial charge in [-0.25, -0.2) is 4.39 Å². The minimum Gasteiger partial charge on any atom is -0.304 e. The third kappa shape index (κ3) is 4.01. The first-order valence-electron chi connectivity index (χ1n) is 8.02. The lowest BCUT2D eigenvalue weighted by atomic mass is 10.0. The average molecular weight is 347 g/mol. The largest absolute Gasteiger partial charge is 0.304 e. The molecule has 0 aliphatic carbocycles. The van der Waals surface area contributed by atoms with Gasteiger partial charge in [0.05, 0.1) is 5.02 Å². The zero-order chi connectivity index (χ0) is 17.1. The van der Waals surface area contributed by atoms with Crippen LogP contribution in [0.25, 0.3) is 0 Å². The highest BCUT2D eigenvalue weighted by molar-refractivity contribution is 6.30. The maximum atomic E-state index is 13.6. The molecule has 3 rings (SSSR count). The van der Waals surface area contributed by atoms with Crippen LogP contribution in [0.4, 0.5) is 4.39 Å². The molecule has 1 aliphatic heterocycles. The Morgan fingerprint density at radius 1 is 1.08 bits per heavy atom. The zero-order valence-electron chi connectivity index (χ0n) is 13.6. The van der Waals surface area contributed by atoms with E-state index in [0.29, 0.717) is 11.1 Å². The van der Waals surface area contributed by atoms with E-state index in [2.05, 4.69) is 16.8 Å². The molecule has 2 aromatic rings. The van der Waals surface area contributed by atoms with E-state index in [1.54, 1.807) is 12.1 Å². The average Bonchev–Trinajstić information content (AvgIpc) is 2.59. The lowest BCUT2D eigenvalue weighted by Crippen LogP contribution is -2.43. The van der Waals surface area contributed by atoms with Crippen LogP contribution in [0.2, 0.25) is 5.02 Å². The Balaban J connectivity index is 1.74. The number of carbonyl (C=O) groups is 1. The Morgan fingerprint density at radius 2 is 1.79 bits per heavy atom. The van der Waals surface area contributed by atoms with Gasteiger partial charge in [-0.15, -0.1) is 0 Å². The normalized spacial score (nSPS) is 16.3. The van der Waals surface area contributed by atoms with E-state index in [-0.39, 0.29) is 10.8 Å². The molecule has 126 valence electrons. The number of benzene rings is 2. The molecule has 0 radical (unpaired) electrons. The van der Waals surface area contributed by atoms with Crippen molar-refractivity contribution in [1.82, 2.24) is 9.80 Å². The topological polar surface area (TPSA) is 23.6 Å². The van der Waals surface area contributed by atoms with Gasteiger partial charge in [-0.05, 0) is 36.9 Å². The van der Waals surface area contributed by atoms with Crippen molar-refractivity contribution < 1.29 is 9.18 Å². The number of hydrogen-bond donors (Lipinski definition) is 0. The van der Waals surface area contributed by atoms with Crippen LogP contribution in [-0.2, 0) is 6.54 Å². The Labute approximate surface area is 146 Å². The fraction of sp³-hybridized carbons (Fsp3) is 0.316. The molecule has 2 aromatic carbocycles. The predicted molar refractivity (Wildman–Crippen MR) is 94.1 cm³/mol. The van der Waals surface area contributed by atoms with Gasteiger partial charge in [0.15, 0.2) is 5.78 Å². The molecular formula is C19H20ClFN2O. The molecule has 1 fully saturated rings. The molecule has 0 saturated carbocycles. The summed E-state index contributed by atoms with van der Waals surface area (Å²) in [6.45, 7) is 4.99. The van der Waals surface area contributed by atoms with Crippen molar-refractivity contribution in [3.05, 3.63) is 70.0 Å². The van der Waals surface area contributed by atoms with Crippen molar-refractivity contribution in [2.75, 3.05) is 33.2 Å². The summed E-state index contributed by atoms with van der Waals surface area (Å²) in [7, 11) is 2.13. The van der Waals surface area contributed by atoms with Crippen molar-refractivity contribution in [1.29, 1.82) is 0 Å². The fourth-order valence-electron chi connectivity index (χ4n) is 2.88. The smallest absolute Gasteiger partial charge is 0.193 e. The summed E-state index contributed by atoms with van der Waals surface area (Å²) < 4.78 is 13.6. The number of nitrogens with zero attached hydrogens (tertiary/aromatic N) is 2. The number of likely N-dealkylation sites (N-methyl/N-ethyl adjacent to an activating group) is 1. The molecule has 0 bridgehead atoms. The number of ketones is 1. The number of rotatable bonds is 4. The molecule has 1 aliphatic rings. The van der Waals surface area contributed by atoms with Crippen LogP contribution in [0.1, 0.15) is 21.5 Å². The van der Waals surface area contributed by atoms with Gasteiger partial charge >= 0.3 is 0 Å². The Morgan fingerprint density at radius 3 is 2.50 bits per heavy atom. The Kier molecular flexibility index (Phi) is 5.29. The van der Waals surface area contributed by atoms with Gasteiger partial charge in [0, 0.05) is 43.9 Å². The summed E-state index contributed by atoms with van der Waals surface area (Å²) in [5, 5.41) is 0.0235. The quantitative estimate of drug-likeness (QED) is 0.792. The van der Waals surface area contributed by atoms with Gasteiger partial charge in [-0.1, -0.05) is 29.8 Å². The van der Waals surface area contributed by atoms with Crippen molar-refractivity contribution >= 4 is 17.4 Å².